The fraction of sp³-hybridized carbons (Fsp3) is 0.0333. The lowest BCUT2D eigenvalue weighted by Crippen LogP contribution is -3.04. The second-order valence-electron chi connectivity index (χ2n) is 17.5. The molecule has 10 aromatic rings. The van der Waals surface area contributed by atoms with Crippen molar-refractivity contribution in [2.45, 2.75) is 12.8 Å². The lowest BCUT2D eigenvalue weighted by molar-refractivity contribution is 1.15. The van der Waals surface area contributed by atoms with Gasteiger partial charge in [0, 0.05) is 22.9 Å². The third-order valence-corrected chi connectivity index (χ3v) is 48.4. The largest absolute Gasteiger partial charge is 0.245 e. The minimum atomic E-state index is -3.66. The second-order valence-corrected chi connectivity index (χ2v) is 37.0. The number of hydrogen-bond acceptors (Lipinski definition) is 2. The Kier molecular flexibility index (Phi) is 9.71. The third-order valence-electron chi connectivity index (χ3n) is 14.6. The smallest absolute Gasteiger partial charge is 0.171 e. The Labute approximate surface area is 384 Å². The van der Waals surface area contributed by atoms with Crippen LogP contribution >= 0.6 is 0 Å². The maximum Gasteiger partial charge on any atom is 0.171 e. The van der Waals surface area contributed by atoms with Crippen LogP contribution in [0.25, 0.3) is 22.4 Å². The molecule has 1 aromatic heterocycles. The van der Waals surface area contributed by atoms with Gasteiger partial charge in [0.05, 0.1) is 5.69 Å². The summed E-state index contributed by atoms with van der Waals surface area (Å²) in [6, 6.07) is 96.3. The Morgan fingerprint density at radius 1 is 0.292 bits per heavy atom. The molecule has 9 aromatic carbocycles. The van der Waals surface area contributed by atoms with Gasteiger partial charge in [-0.1, -0.05) is 269 Å². The van der Waals surface area contributed by atoms with E-state index in [1.165, 1.54) is 80.6 Å². The lowest BCUT2D eigenvalue weighted by atomic mass is 10.1. The van der Waals surface area contributed by atoms with E-state index in [1.807, 2.05) is 6.33 Å². The van der Waals surface area contributed by atoms with Gasteiger partial charge in [0.25, 0.3) is 0 Å². The van der Waals surface area contributed by atoms with Crippen LogP contribution in [0.15, 0.2) is 255 Å². The molecule has 12 rings (SSSR count). The first-order chi connectivity index (χ1) is 32.3. The van der Waals surface area contributed by atoms with Crippen LogP contribution in [0.2, 0.25) is 0 Å². The number of nitrogens with zero attached hydrogens (tertiary/aromatic N) is 2. The van der Waals surface area contributed by atoms with Crippen LogP contribution in [0.5, 0.6) is 0 Å². The van der Waals surface area contributed by atoms with Crippen LogP contribution in [0.3, 0.4) is 0 Å². The van der Waals surface area contributed by atoms with E-state index in [0.717, 1.165) is 18.5 Å². The van der Waals surface area contributed by atoms with Gasteiger partial charge in [-0.05, 0) is 49.8 Å². The standard InChI is InChI=1S/C60H46N2Si3/c1-7-26-47(27-8-1)63(48-28-9-2-10-29-48,58-41-23-40-55-53-38-21-19-24-45(53)42-56(55)58)65(51-34-15-5-16-35-51,52-36-17-6-18-37-52)64(49-30-11-3-12-31-49,50-32-13-4-14-33-50)60-57-43-46-25-20-22-39-54(46)59(57)61-44-62-60/h1-41,44H,42-43H2. The monoisotopic (exact) mass is 878 g/mol. The van der Waals surface area contributed by atoms with Crippen molar-refractivity contribution in [2.24, 2.45) is 0 Å². The Bertz CT molecular complexity index is 3010. The summed E-state index contributed by atoms with van der Waals surface area (Å²) in [6.07, 6.45) is 3.57. The number of rotatable bonds is 10. The van der Waals surface area contributed by atoms with Crippen LogP contribution in [0.1, 0.15) is 22.3 Å². The highest BCUT2D eigenvalue weighted by molar-refractivity contribution is 7.89. The Balaban J connectivity index is 1.41. The zero-order valence-electron chi connectivity index (χ0n) is 36.1. The first-order valence-electron chi connectivity index (χ1n) is 22.7. The van der Waals surface area contributed by atoms with Crippen molar-refractivity contribution in [1.29, 1.82) is 0 Å². The molecule has 0 N–H and O–H groups in total. The van der Waals surface area contributed by atoms with E-state index >= 15 is 0 Å². The first kappa shape index (κ1) is 39.3. The average Bonchev–Trinajstić information content (AvgIpc) is 3.97. The molecular weight excluding hydrogens is 833 g/mol. The number of benzene rings is 9. The molecule has 2 aliphatic carbocycles. The molecule has 65 heavy (non-hydrogen) atoms. The summed E-state index contributed by atoms with van der Waals surface area (Å²) >= 11 is 0. The molecule has 1 heterocycles. The molecule has 5 heteroatoms. The number of aromatic nitrogens is 2. The van der Waals surface area contributed by atoms with Gasteiger partial charge in [-0.3, -0.25) is 0 Å². The summed E-state index contributed by atoms with van der Waals surface area (Å²) in [4.78, 5) is 11.1. The maximum absolute atomic E-state index is 5.88. The van der Waals surface area contributed by atoms with Gasteiger partial charge in [0.2, 0.25) is 0 Å². The van der Waals surface area contributed by atoms with Crippen molar-refractivity contribution in [3.63, 3.8) is 0 Å². The summed E-state index contributed by atoms with van der Waals surface area (Å²) in [7, 11) is -10.8. The molecule has 0 aliphatic heterocycles. The minimum Gasteiger partial charge on any atom is -0.245 e. The van der Waals surface area contributed by atoms with E-state index in [2.05, 4.69) is 249 Å². The molecule has 2 nitrogen and oxygen atoms in total. The zero-order chi connectivity index (χ0) is 43.3. The van der Waals surface area contributed by atoms with Gasteiger partial charge in [0.1, 0.15) is 21.0 Å². The highest BCUT2D eigenvalue weighted by Gasteiger charge is 2.74. The second kappa shape index (κ2) is 16.1. The third kappa shape index (κ3) is 5.69. The fourth-order valence-corrected chi connectivity index (χ4v) is 57.6. The lowest BCUT2D eigenvalue weighted by Gasteiger charge is -2.59. The Hall–Kier alpha value is -7.29. The van der Waals surface area contributed by atoms with Crippen LogP contribution in [-0.4, -0.2) is 32.3 Å². The van der Waals surface area contributed by atoms with Crippen molar-refractivity contribution >= 4 is 63.9 Å². The topological polar surface area (TPSA) is 25.8 Å². The Morgan fingerprint density at radius 2 is 0.677 bits per heavy atom. The summed E-state index contributed by atoms with van der Waals surface area (Å²) in [5.41, 5.74) is 10.4. The predicted molar refractivity (Wildman–Crippen MR) is 278 cm³/mol. The molecule has 0 spiro atoms. The summed E-state index contributed by atoms with van der Waals surface area (Å²) < 4.78 is 0. The molecule has 0 atom stereocenters. The van der Waals surface area contributed by atoms with Crippen molar-refractivity contribution in [3.8, 4) is 22.4 Å². The van der Waals surface area contributed by atoms with Crippen molar-refractivity contribution in [3.05, 3.63) is 277 Å². The molecule has 0 radical (unpaired) electrons. The number of hydrogen-bond donors (Lipinski definition) is 0. The van der Waals surface area contributed by atoms with Gasteiger partial charge in [0.15, 0.2) is 7.59 Å². The molecule has 0 fully saturated rings. The van der Waals surface area contributed by atoms with Crippen molar-refractivity contribution in [1.82, 2.24) is 9.97 Å². The van der Waals surface area contributed by atoms with Crippen molar-refractivity contribution < 1.29 is 0 Å². The SMILES string of the molecule is c1ccc([Si](c2ccccc2)(c2cccc3c2Cc2ccccc2-3)[Si](c2ccccc2)(c2ccccc2)[Si](c2ccccc2)(c2ccccc2)c2ncnc3c2Cc2ccccc2-3)cc1. The molecule has 308 valence electrons. The van der Waals surface area contributed by atoms with E-state index in [9.17, 15) is 0 Å². The van der Waals surface area contributed by atoms with Gasteiger partial charge in [-0.15, -0.1) is 0 Å². The maximum atomic E-state index is 5.88. The van der Waals surface area contributed by atoms with Crippen LogP contribution in [0, 0.1) is 0 Å². The van der Waals surface area contributed by atoms with Crippen LogP contribution in [0.4, 0.5) is 0 Å². The van der Waals surface area contributed by atoms with E-state index < -0.39 is 22.3 Å². The normalized spacial score (nSPS) is 12.8. The number of fused-ring (bicyclic) bond motifs is 6. The van der Waals surface area contributed by atoms with E-state index in [0.29, 0.717) is 0 Å². The van der Waals surface area contributed by atoms with E-state index in [1.54, 1.807) is 0 Å². The molecule has 0 saturated heterocycles. The summed E-state index contributed by atoms with van der Waals surface area (Å²) in [6.45, 7) is 0. The highest BCUT2D eigenvalue weighted by atomic mass is 29.6. The highest BCUT2D eigenvalue weighted by Crippen LogP contribution is 2.41. The van der Waals surface area contributed by atoms with Gasteiger partial charge in [-0.2, -0.15) is 0 Å². The molecule has 0 bridgehead atoms. The van der Waals surface area contributed by atoms with Gasteiger partial charge < -0.3 is 0 Å². The predicted octanol–water partition coefficient (Wildman–Crippen LogP) is 7.68. The van der Waals surface area contributed by atoms with Crippen LogP contribution in [-0.2, 0) is 12.8 Å². The fourth-order valence-electron chi connectivity index (χ4n) is 12.3. The zero-order valence-corrected chi connectivity index (χ0v) is 39.1. The average molecular weight is 879 g/mol. The van der Waals surface area contributed by atoms with E-state index in [4.69, 9.17) is 9.97 Å². The summed E-state index contributed by atoms with van der Waals surface area (Å²) in [5.74, 6) is 0. The quantitative estimate of drug-likeness (QED) is 0.104. The Morgan fingerprint density at radius 3 is 1.18 bits per heavy atom. The van der Waals surface area contributed by atoms with Crippen molar-refractivity contribution in [2.75, 3.05) is 0 Å². The molecule has 0 amide bonds. The van der Waals surface area contributed by atoms with Gasteiger partial charge in [-0.25, -0.2) is 9.97 Å². The molecule has 2 aliphatic rings. The molecule has 0 unspecified atom stereocenters. The van der Waals surface area contributed by atoms with Crippen LogP contribution < -0.4 is 41.6 Å². The first-order valence-corrected chi connectivity index (χ1v) is 30.7. The molecular formula is C60H46N2Si3. The van der Waals surface area contributed by atoms with E-state index in [-0.39, 0.29) is 0 Å². The summed E-state index contributed by atoms with van der Waals surface area (Å²) in [5, 5.41) is 11.2. The minimum absolute atomic E-state index is 0.783. The molecule has 0 saturated carbocycles. The van der Waals surface area contributed by atoms with Gasteiger partial charge >= 0.3 is 0 Å².